The molecule has 106 valence electrons. The maximum absolute atomic E-state index is 6.09. The van der Waals surface area contributed by atoms with Gasteiger partial charge in [0, 0.05) is 6.04 Å². The summed E-state index contributed by atoms with van der Waals surface area (Å²) in [5, 5.41) is 4.80. The van der Waals surface area contributed by atoms with E-state index in [1.807, 2.05) is 24.3 Å². The lowest BCUT2D eigenvalue weighted by Crippen LogP contribution is -2.23. The summed E-state index contributed by atoms with van der Waals surface area (Å²) >= 11 is 12.0. The highest BCUT2D eigenvalue weighted by Gasteiger charge is 2.10. The summed E-state index contributed by atoms with van der Waals surface area (Å²) in [6.07, 6.45) is 2.05. The van der Waals surface area contributed by atoms with E-state index < -0.39 is 0 Å². The van der Waals surface area contributed by atoms with Crippen molar-refractivity contribution in [2.24, 2.45) is 0 Å². The molecular weight excluding hydrogens is 289 g/mol. The van der Waals surface area contributed by atoms with Crippen LogP contribution >= 0.6 is 23.2 Å². The number of benzene rings is 2. The smallest absolute Gasteiger partial charge is 0.0595 e. The zero-order valence-electron chi connectivity index (χ0n) is 11.6. The van der Waals surface area contributed by atoms with E-state index >= 15 is 0 Å². The van der Waals surface area contributed by atoms with E-state index in [1.165, 1.54) is 11.1 Å². The van der Waals surface area contributed by atoms with Gasteiger partial charge in [-0.1, -0.05) is 66.5 Å². The first-order valence-electron chi connectivity index (χ1n) is 6.93. The lowest BCUT2D eigenvalue weighted by Gasteiger charge is -2.18. The minimum atomic E-state index is 0.313. The molecule has 0 fully saturated rings. The SMILES string of the molecule is CCC(NCCc1ccccc1)c1ccc(Cl)c(Cl)c1. The molecule has 0 bridgehead atoms. The summed E-state index contributed by atoms with van der Waals surface area (Å²) in [5.74, 6) is 0. The van der Waals surface area contributed by atoms with E-state index in [1.54, 1.807) is 0 Å². The second-order valence-corrected chi connectivity index (χ2v) is 5.64. The summed E-state index contributed by atoms with van der Waals surface area (Å²) < 4.78 is 0. The van der Waals surface area contributed by atoms with Crippen molar-refractivity contribution >= 4 is 23.2 Å². The van der Waals surface area contributed by atoms with Crippen LogP contribution in [0, 0.1) is 0 Å². The van der Waals surface area contributed by atoms with Gasteiger partial charge in [-0.05, 0) is 42.6 Å². The van der Waals surface area contributed by atoms with Gasteiger partial charge in [0.25, 0.3) is 0 Å². The molecule has 0 spiro atoms. The van der Waals surface area contributed by atoms with E-state index in [9.17, 15) is 0 Å². The highest BCUT2D eigenvalue weighted by Crippen LogP contribution is 2.26. The molecule has 2 rings (SSSR count). The average molecular weight is 308 g/mol. The van der Waals surface area contributed by atoms with E-state index in [4.69, 9.17) is 23.2 Å². The Morgan fingerprint density at radius 2 is 1.75 bits per heavy atom. The number of hydrogen-bond donors (Lipinski definition) is 1. The molecule has 2 aromatic carbocycles. The number of nitrogens with one attached hydrogen (secondary N) is 1. The fourth-order valence-corrected chi connectivity index (χ4v) is 2.57. The van der Waals surface area contributed by atoms with E-state index in [2.05, 4.69) is 36.5 Å². The summed E-state index contributed by atoms with van der Waals surface area (Å²) in [6.45, 7) is 3.12. The molecule has 0 aliphatic rings. The minimum absolute atomic E-state index is 0.313. The molecule has 1 nitrogen and oxygen atoms in total. The zero-order chi connectivity index (χ0) is 14.4. The molecule has 3 heteroatoms. The van der Waals surface area contributed by atoms with Gasteiger partial charge >= 0.3 is 0 Å². The number of rotatable bonds is 6. The van der Waals surface area contributed by atoms with Crippen LogP contribution in [0.25, 0.3) is 0 Å². The maximum atomic E-state index is 6.09. The Morgan fingerprint density at radius 1 is 1.00 bits per heavy atom. The lowest BCUT2D eigenvalue weighted by atomic mass is 10.0. The normalized spacial score (nSPS) is 12.3. The van der Waals surface area contributed by atoms with Crippen molar-refractivity contribution in [1.29, 1.82) is 0 Å². The Balaban J connectivity index is 1.93. The van der Waals surface area contributed by atoms with Crippen molar-refractivity contribution in [1.82, 2.24) is 5.32 Å². The lowest BCUT2D eigenvalue weighted by molar-refractivity contribution is 0.523. The van der Waals surface area contributed by atoms with Gasteiger partial charge in [0.1, 0.15) is 0 Å². The zero-order valence-corrected chi connectivity index (χ0v) is 13.1. The summed E-state index contributed by atoms with van der Waals surface area (Å²) in [6, 6.07) is 16.7. The molecule has 0 heterocycles. The molecule has 0 saturated heterocycles. The number of hydrogen-bond acceptors (Lipinski definition) is 1. The predicted octanol–water partition coefficient (Wildman–Crippen LogP) is 5.28. The van der Waals surface area contributed by atoms with E-state index in [0.717, 1.165) is 19.4 Å². The van der Waals surface area contributed by atoms with Gasteiger partial charge in [-0.2, -0.15) is 0 Å². The van der Waals surface area contributed by atoms with Gasteiger partial charge in [-0.15, -0.1) is 0 Å². The Bertz CT molecular complexity index is 540. The molecule has 0 radical (unpaired) electrons. The van der Waals surface area contributed by atoms with Crippen LogP contribution in [-0.2, 0) is 6.42 Å². The van der Waals surface area contributed by atoms with Gasteiger partial charge in [-0.25, -0.2) is 0 Å². The summed E-state index contributed by atoms with van der Waals surface area (Å²) in [7, 11) is 0. The van der Waals surface area contributed by atoms with Gasteiger partial charge < -0.3 is 5.32 Å². The van der Waals surface area contributed by atoms with Crippen LogP contribution in [-0.4, -0.2) is 6.54 Å². The van der Waals surface area contributed by atoms with Crippen LogP contribution < -0.4 is 5.32 Å². The van der Waals surface area contributed by atoms with Crippen LogP contribution in [0.15, 0.2) is 48.5 Å². The summed E-state index contributed by atoms with van der Waals surface area (Å²) in [5.41, 5.74) is 2.54. The van der Waals surface area contributed by atoms with Gasteiger partial charge in [0.2, 0.25) is 0 Å². The van der Waals surface area contributed by atoms with Crippen molar-refractivity contribution in [2.75, 3.05) is 6.54 Å². The molecule has 0 amide bonds. The fourth-order valence-electron chi connectivity index (χ4n) is 2.26. The van der Waals surface area contributed by atoms with Gasteiger partial charge in [-0.3, -0.25) is 0 Å². The number of halogens is 2. The Morgan fingerprint density at radius 3 is 2.40 bits per heavy atom. The largest absolute Gasteiger partial charge is 0.310 e. The monoisotopic (exact) mass is 307 g/mol. The Hall–Kier alpha value is -1.02. The highest BCUT2D eigenvalue weighted by molar-refractivity contribution is 6.42. The first kappa shape index (κ1) is 15.4. The Kier molecular flexibility index (Phi) is 5.90. The average Bonchev–Trinajstić information content (AvgIpc) is 2.48. The Labute approximate surface area is 130 Å². The fraction of sp³-hybridized carbons (Fsp3) is 0.294. The molecule has 0 aliphatic carbocycles. The topological polar surface area (TPSA) is 12.0 Å². The van der Waals surface area contributed by atoms with Crippen LogP contribution in [0.2, 0.25) is 10.0 Å². The van der Waals surface area contributed by atoms with Crippen molar-refractivity contribution in [3.63, 3.8) is 0 Å². The highest BCUT2D eigenvalue weighted by atomic mass is 35.5. The van der Waals surface area contributed by atoms with E-state index in [-0.39, 0.29) is 0 Å². The molecule has 0 saturated carbocycles. The van der Waals surface area contributed by atoms with E-state index in [0.29, 0.717) is 16.1 Å². The predicted molar refractivity (Wildman–Crippen MR) is 87.6 cm³/mol. The molecule has 0 aliphatic heterocycles. The van der Waals surface area contributed by atoms with Gasteiger partial charge in [0.15, 0.2) is 0 Å². The van der Waals surface area contributed by atoms with Crippen LogP contribution in [0.3, 0.4) is 0 Å². The van der Waals surface area contributed by atoms with Crippen molar-refractivity contribution < 1.29 is 0 Å². The minimum Gasteiger partial charge on any atom is -0.310 e. The molecule has 2 aromatic rings. The third kappa shape index (κ3) is 4.24. The maximum Gasteiger partial charge on any atom is 0.0595 e. The first-order valence-corrected chi connectivity index (χ1v) is 7.68. The molecular formula is C17H19Cl2N. The summed E-state index contributed by atoms with van der Waals surface area (Å²) in [4.78, 5) is 0. The first-order chi connectivity index (χ1) is 9.70. The molecule has 20 heavy (non-hydrogen) atoms. The third-order valence-corrected chi connectivity index (χ3v) is 4.14. The molecule has 1 N–H and O–H groups in total. The van der Waals surface area contributed by atoms with Crippen LogP contribution in [0.5, 0.6) is 0 Å². The second kappa shape index (κ2) is 7.68. The van der Waals surface area contributed by atoms with Crippen molar-refractivity contribution in [2.45, 2.75) is 25.8 Å². The molecule has 1 atom stereocenters. The third-order valence-electron chi connectivity index (χ3n) is 3.40. The van der Waals surface area contributed by atoms with Crippen LogP contribution in [0.1, 0.15) is 30.5 Å². The quantitative estimate of drug-likeness (QED) is 0.766. The van der Waals surface area contributed by atoms with Gasteiger partial charge in [0.05, 0.1) is 10.0 Å². The molecule has 1 unspecified atom stereocenters. The second-order valence-electron chi connectivity index (χ2n) is 4.82. The van der Waals surface area contributed by atoms with Crippen LogP contribution in [0.4, 0.5) is 0 Å². The van der Waals surface area contributed by atoms with Crippen molar-refractivity contribution in [3.05, 3.63) is 69.7 Å². The molecule has 0 aromatic heterocycles. The standard InChI is InChI=1S/C17H19Cl2N/c1-2-17(14-8-9-15(18)16(19)12-14)20-11-10-13-6-4-3-5-7-13/h3-9,12,17,20H,2,10-11H2,1H3. The van der Waals surface area contributed by atoms with Crippen molar-refractivity contribution in [3.8, 4) is 0 Å².